The van der Waals surface area contributed by atoms with E-state index in [2.05, 4.69) is 20.3 Å². The van der Waals surface area contributed by atoms with Gasteiger partial charge in [-0.05, 0) is 72.8 Å². The van der Waals surface area contributed by atoms with Crippen LogP contribution in [0.5, 0.6) is 11.5 Å². The fourth-order valence-corrected chi connectivity index (χ4v) is 4.85. The number of ether oxygens (including phenoxy) is 1. The molecule has 0 bridgehead atoms. The second-order valence-electron chi connectivity index (χ2n) is 8.83. The zero-order chi connectivity index (χ0) is 26.4. The third-order valence-electron chi connectivity index (χ3n) is 5.77. The Labute approximate surface area is 215 Å². The molecule has 10 nitrogen and oxygen atoms in total. The van der Waals surface area contributed by atoms with E-state index in [1.54, 1.807) is 24.3 Å². The number of hydrogen-bond donors (Lipinski definition) is 5. The maximum absolute atomic E-state index is 12.7. The van der Waals surface area contributed by atoms with Crippen molar-refractivity contribution in [3.05, 3.63) is 72.8 Å². The summed E-state index contributed by atoms with van der Waals surface area (Å²) in [6.45, 7) is 3.44. The minimum absolute atomic E-state index is 0.0954. The van der Waals surface area contributed by atoms with Crippen LogP contribution in [0.4, 0.5) is 17.1 Å². The molecule has 3 aromatic rings. The largest absolute Gasteiger partial charge is 0.508 e. The van der Waals surface area contributed by atoms with Crippen molar-refractivity contribution in [1.29, 1.82) is 0 Å². The van der Waals surface area contributed by atoms with Crippen molar-refractivity contribution in [1.82, 2.24) is 5.32 Å². The number of carbonyl (C=O) groups excluding carboxylic acids is 1. The fraction of sp³-hybridized carbons (Fsp3) is 0.269. The van der Waals surface area contributed by atoms with Crippen LogP contribution in [0.2, 0.25) is 0 Å². The van der Waals surface area contributed by atoms with Gasteiger partial charge in [-0.2, -0.15) is 0 Å². The summed E-state index contributed by atoms with van der Waals surface area (Å²) in [7, 11) is -3.76. The van der Waals surface area contributed by atoms with Crippen LogP contribution in [0, 0.1) is 0 Å². The van der Waals surface area contributed by atoms with Gasteiger partial charge in [0.1, 0.15) is 24.2 Å². The van der Waals surface area contributed by atoms with E-state index in [1.165, 1.54) is 43.3 Å². The van der Waals surface area contributed by atoms with Gasteiger partial charge in [0.2, 0.25) is 5.91 Å². The number of hydrogen-bond acceptors (Lipinski definition) is 8. The van der Waals surface area contributed by atoms with Gasteiger partial charge in [0, 0.05) is 49.7 Å². The Morgan fingerprint density at radius 3 is 2.24 bits per heavy atom. The summed E-state index contributed by atoms with van der Waals surface area (Å²) in [6.07, 6.45) is -0.670. The Bertz CT molecular complexity index is 1290. The second kappa shape index (κ2) is 11.5. The number of aromatic hydroxyl groups is 1. The molecule has 0 radical (unpaired) electrons. The smallest absolute Gasteiger partial charge is 0.261 e. The highest BCUT2D eigenvalue weighted by Gasteiger charge is 2.27. The fourth-order valence-electron chi connectivity index (χ4n) is 3.79. The number of sulfonamides is 1. The molecular formula is C26H30N4O6S. The first-order chi connectivity index (χ1) is 17.7. The lowest BCUT2D eigenvalue weighted by Gasteiger charge is -2.42. The lowest BCUT2D eigenvalue weighted by atomic mass is 10.1. The number of aliphatic hydroxyl groups excluding tert-OH is 1. The van der Waals surface area contributed by atoms with Gasteiger partial charge in [0.05, 0.1) is 4.90 Å². The Morgan fingerprint density at radius 1 is 1.00 bits per heavy atom. The van der Waals surface area contributed by atoms with Crippen LogP contribution in [0.3, 0.4) is 0 Å². The molecule has 5 N–H and O–H groups in total. The standard InChI is InChI=1S/C26H30N4O6S/c1-18(31)28-19-4-12-26(13-5-19)37(34,35)29-20-2-6-22(7-3-20)30-15-21(16-30)27-14-24(33)17-36-25-10-8-23(32)9-11-25/h2-13,21,24,27,29,32-33H,14-17H2,1H3,(H,28,31)/t24-/m0/s1. The van der Waals surface area contributed by atoms with Crippen LogP contribution in [0.1, 0.15) is 6.92 Å². The number of anilines is 3. The van der Waals surface area contributed by atoms with E-state index in [4.69, 9.17) is 4.74 Å². The Kier molecular flexibility index (Phi) is 8.17. The van der Waals surface area contributed by atoms with Crippen molar-refractivity contribution < 1.29 is 28.2 Å². The first-order valence-corrected chi connectivity index (χ1v) is 13.2. The maximum Gasteiger partial charge on any atom is 0.261 e. The van der Waals surface area contributed by atoms with Crippen LogP contribution in [-0.2, 0) is 14.8 Å². The topological polar surface area (TPSA) is 140 Å². The number of phenols is 1. The van der Waals surface area contributed by atoms with Gasteiger partial charge in [-0.1, -0.05) is 0 Å². The van der Waals surface area contributed by atoms with Gasteiger partial charge in [-0.15, -0.1) is 0 Å². The van der Waals surface area contributed by atoms with Gasteiger partial charge in [-0.25, -0.2) is 8.42 Å². The van der Waals surface area contributed by atoms with Crippen molar-refractivity contribution in [3.8, 4) is 11.5 Å². The van der Waals surface area contributed by atoms with Crippen LogP contribution in [-0.4, -0.2) is 62.9 Å². The quantitative estimate of drug-likeness (QED) is 0.257. The van der Waals surface area contributed by atoms with Crippen molar-refractivity contribution in [2.75, 3.05) is 41.2 Å². The van der Waals surface area contributed by atoms with E-state index >= 15 is 0 Å². The van der Waals surface area contributed by atoms with Gasteiger partial charge in [0.25, 0.3) is 10.0 Å². The summed E-state index contributed by atoms with van der Waals surface area (Å²) in [6, 6.07) is 19.6. The predicted octanol–water partition coefficient (Wildman–Crippen LogP) is 2.37. The number of nitrogens with zero attached hydrogens (tertiary/aromatic N) is 1. The lowest BCUT2D eigenvalue weighted by molar-refractivity contribution is -0.114. The third kappa shape index (κ3) is 7.35. The molecule has 1 heterocycles. The van der Waals surface area contributed by atoms with Crippen molar-refractivity contribution in [3.63, 3.8) is 0 Å². The second-order valence-corrected chi connectivity index (χ2v) is 10.5. The van der Waals surface area contributed by atoms with Crippen molar-refractivity contribution in [2.45, 2.75) is 24.0 Å². The first-order valence-electron chi connectivity index (χ1n) is 11.8. The molecule has 0 aromatic heterocycles. The molecule has 1 amide bonds. The molecule has 11 heteroatoms. The molecule has 196 valence electrons. The molecule has 1 atom stereocenters. The summed E-state index contributed by atoms with van der Waals surface area (Å²) in [5.74, 6) is 0.510. The molecule has 1 saturated heterocycles. The highest BCUT2D eigenvalue weighted by Crippen LogP contribution is 2.25. The Morgan fingerprint density at radius 2 is 1.62 bits per heavy atom. The van der Waals surface area contributed by atoms with Gasteiger partial charge < -0.3 is 30.5 Å². The molecule has 37 heavy (non-hydrogen) atoms. The van der Waals surface area contributed by atoms with Crippen LogP contribution in [0.15, 0.2) is 77.7 Å². The molecule has 3 aromatic carbocycles. The average molecular weight is 527 g/mol. The molecule has 1 aliphatic heterocycles. The number of nitrogens with one attached hydrogen (secondary N) is 3. The first kappa shape index (κ1) is 26.3. The number of carbonyl (C=O) groups is 1. The number of benzene rings is 3. The average Bonchev–Trinajstić information content (AvgIpc) is 2.83. The van der Waals surface area contributed by atoms with Gasteiger partial charge >= 0.3 is 0 Å². The van der Waals surface area contributed by atoms with Crippen LogP contribution >= 0.6 is 0 Å². The van der Waals surface area contributed by atoms with Crippen molar-refractivity contribution in [2.24, 2.45) is 0 Å². The summed E-state index contributed by atoms with van der Waals surface area (Å²) in [5, 5.41) is 25.4. The SMILES string of the molecule is CC(=O)Nc1ccc(S(=O)(=O)Nc2ccc(N3CC(NC[C@H](O)COc4ccc(O)cc4)C3)cc2)cc1. The Hall–Kier alpha value is -3.80. The molecule has 4 rings (SSSR count). The Balaban J connectivity index is 1.20. The number of phenolic OH excluding ortho intramolecular Hbond substituents is 1. The number of aliphatic hydroxyl groups is 1. The highest BCUT2D eigenvalue weighted by molar-refractivity contribution is 7.92. The normalized spacial score (nSPS) is 14.5. The van der Waals surface area contributed by atoms with E-state index < -0.39 is 16.1 Å². The molecule has 1 fully saturated rings. The monoisotopic (exact) mass is 526 g/mol. The van der Waals surface area contributed by atoms with Crippen molar-refractivity contribution >= 4 is 33.0 Å². The number of rotatable bonds is 11. The van der Waals surface area contributed by atoms with E-state index in [-0.39, 0.29) is 29.2 Å². The van der Waals surface area contributed by atoms with E-state index in [9.17, 15) is 23.4 Å². The third-order valence-corrected chi connectivity index (χ3v) is 7.17. The molecule has 0 spiro atoms. The summed E-state index contributed by atoms with van der Waals surface area (Å²) in [4.78, 5) is 13.4. The lowest BCUT2D eigenvalue weighted by Crippen LogP contribution is -2.59. The van der Waals surface area contributed by atoms with Gasteiger partial charge in [-0.3, -0.25) is 9.52 Å². The molecule has 0 unspecified atom stereocenters. The zero-order valence-corrected chi connectivity index (χ0v) is 21.1. The molecule has 0 aliphatic carbocycles. The molecule has 0 saturated carbocycles. The van der Waals surface area contributed by atoms with Crippen LogP contribution < -0.4 is 25.0 Å². The maximum atomic E-state index is 12.7. The van der Waals surface area contributed by atoms with Gasteiger partial charge in [0.15, 0.2) is 0 Å². The van der Waals surface area contributed by atoms with E-state index in [1.807, 2.05) is 12.1 Å². The molecular weight excluding hydrogens is 496 g/mol. The predicted molar refractivity (Wildman–Crippen MR) is 142 cm³/mol. The summed E-state index contributed by atoms with van der Waals surface area (Å²) >= 11 is 0. The highest BCUT2D eigenvalue weighted by atomic mass is 32.2. The van der Waals surface area contributed by atoms with Crippen LogP contribution in [0.25, 0.3) is 0 Å². The molecule has 1 aliphatic rings. The zero-order valence-electron chi connectivity index (χ0n) is 20.3. The summed E-state index contributed by atoms with van der Waals surface area (Å²) < 4.78 is 33.4. The van der Waals surface area contributed by atoms with E-state index in [0.717, 1.165) is 18.8 Å². The number of amides is 1. The minimum atomic E-state index is -3.76. The summed E-state index contributed by atoms with van der Waals surface area (Å²) in [5.41, 5.74) is 1.94. The minimum Gasteiger partial charge on any atom is -0.508 e. The van der Waals surface area contributed by atoms with E-state index in [0.29, 0.717) is 23.7 Å².